The standard InChI is InChI=1S/C20H30N2O3/c1-24-19-12-16(6-8-18(19)25-17-4-2-3-5-17)14-22-20(23)9-7-15-10-11-21-13-15/h6,8,12,15,17,21H,2-5,7,9-11,13-14H2,1H3,(H,22,23). The zero-order valence-corrected chi connectivity index (χ0v) is 15.2. The number of rotatable bonds is 8. The van der Waals surface area contributed by atoms with Crippen molar-refractivity contribution >= 4 is 5.91 Å². The number of benzene rings is 1. The summed E-state index contributed by atoms with van der Waals surface area (Å²) >= 11 is 0. The Bertz CT molecular complexity index is 564. The highest BCUT2D eigenvalue weighted by Gasteiger charge is 2.19. The third-order valence-electron chi connectivity index (χ3n) is 5.26. The van der Waals surface area contributed by atoms with Gasteiger partial charge in [-0.15, -0.1) is 0 Å². The molecule has 0 bridgehead atoms. The second-order valence-corrected chi connectivity index (χ2v) is 7.18. The zero-order valence-electron chi connectivity index (χ0n) is 15.2. The van der Waals surface area contributed by atoms with Gasteiger partial charge in [-0.3, -0.25) is 4.79 Å². The third-order valence-corrected chi connectivity index (χ3v) is 5.26. The first-order valence-corrected chi connectivity index (χ1v) is 9.55. The number of carbonyl (C=O) groups excluding carboxylic acids is 1. The number of amides is 1. The van der Waals surface area contributed by atoms with Crippen molar-refractivity contribution < 1.29 is 14.3 Å². The highest BCUT2D eigenvalue weighted by Crippen LogP contribution is 2.32. The van der Waals surface area contributed by atoms with Crippen LogP contribution in [0.2, 0.25) is 0 Å². The van der Waals surface area contributed by atoms with E-state index >= 15 is 0 Å². The van der Waals surface area contributed by atoms with E-state index < -0.39 is 0 Å². The Hall–Kier alpha value is -1.75. The molecule has 1 aliphatic heterocycles. The van der Waals surface area contributed by atoms with Gasteiger partial charge in [0.15, 0.2) is 11.5 Å². The number of hydrogen-bond donors (Lipinski definition) is 2. The van der Waals surface area contributed by atoms with Crippen molar-refractivity contribution in [1.82, 2.24) is 10.6 Å². The number of ether oxygens (including phenoxy) is 2. The number of methoxy groups -OCH3 is 1. The molecule has 2 N–H and O–H groups in total. The predicted octanol–water partition coefficient (Wildman–Crippen LogP) is 3.02. The minimum atomic E-state index is 0.122. The fourth-order valence-corrected chi connectivity index (χ4v) is 3.69. The predicted molar refractivity (Wildman–Crippen MR) is 97.9 cm³/mol. The van der Waals surface area contributed by atoms with Crippen LogP contribution < -0.4 is 20.1 Å². The van der Waals surface area contributed by atoms with E-state index in [-0.39, 0.29) is 5.91 Å². The molecule has 1 aromatic rings. The van der Waals surface area contributed by atoms with Crippen LogP contribution in [0.1, 0.15) is 50.5 Å². The van der Waals surface area contributed by atoms with Crippen LogP contribution in [0.5, 0.6) is 11.5 Å². The van der Waals surface area contributed by atoms with Crippen LogP contribution in [0, 0.1) is 5.92 Å². The molecule has 3 rings (SSSR count). The summed E-state index contributed by atoms with van der Waals surface area (Å²) in [5.74, 6) is 2.32. The second kappa shape index (κ2) is 9.09. The second-order valence-electron chi connectivity index (χ2n) is 7.18. The van der Waals surface area contributed by atoms with Crippen molar-refractivity contribution in [3.8, 4) is 11.5 Å². The molecule has 5 nitrogen and oxygen atoms in total. The van der Waals surface area contributed by atoms with Crippen LogP contribution in [0.15, 0.2) is 18.2 Å². The maximum atomic E-state index is 12.0. The van der Waals surface area contributed by atoms with E-state index in [1.54, 1.807) is 7.11 Å². The number of hydrogen-bond acceptors (Lipinski definition) is 4. The molecule has 2 aliphatic rings. The first kappa shape index (κ1) is 18.1. The van der Waals surface area contributed by atoms with E-state index in [9.17, 15) is 4.79 Å². The van der Waals surface area contributed by atoms with E-state index in [0.717, 1.165) is 49.4 Å². The van der Waals surface area contributed by atoms with Crippen molar-refractivity contribution in [1.29, 1.82) is 0 Å². The SMILES string of the molecule is COc1cc(CNC(=O)CCC2CCNC2)ccc1OC1CCCC1. The van der Waals surface area contributed by atoms with Gasteiger partial charge in [-0.2, -0.15) is 0 Å². The number of carbonyl (C=O) groups is 1. The van der Waals surface area contributed by atoms with Gasteiger partial charge in [0, 0.05) is 13.0 Å². The van der Waals surface area contributed by atoms with Crippen LogP contribution >= 0.6 is 0 Å². The van der Waals surface area contributed by atoms with Crippen molar-refractivity contribution in [2.45, 2.75) is 57.6 Å². The summed E-state index contributed by atoms with van der Waals surface area (Å²) in [6.45, 7) is 2.66. The largest absolute Gasteiger partial charge is 0.493 e. The summed E-state index contributed by atoms with van der Waals surface area (Å²) in [4.78, 5) is 12.0. The smallest absolute Gasteiger partial charge is 0.220 e. The lowest BCUT2D eigenvalue weighted by Gasteiger charge is -2.17. The van der Waals surface area contributed by atoms with Crippen LogP contribution in [-0.4, -0.2) is 32.2 Å². The summed E-state index contributed by atoms with van der Waals surface area (Å²) in [5.41, 5.74) is 1.03. The lowest BCUT2D eigenvalue weighted by molar-refractivity contribution is -0.121. The quantitative estimate of drug-likeness (QED) is 0.760. The van der Waals surface area contributed by atoms with E-state index in [0.29, 0.717) is 25.0 Å². The maximum Gasteiger partial charge on any atom is 0.220 e. The molecule has 1 unspecified atom stereocenters. The lowest BCUT2D eigenvalue weighted by atomic mass is 10.0. The van der Waals surface area contributed by atoms with Gasteiger partial charge in [-0.05, 0) is 75.2 Å². The fraction of sp³-hybridized carbons (Fsp3) is 0.650. The summed E-state index contributed by atoms with van der Waals surface area (Å²) in [6.07, 6.45) is 7.80. The molecular weight excluding hydrogens is 316 g/mol. The van der Waals surface area contributed by atoms with Crippen molar-refractivity contribution in [2.75, 3.05) is 20.2 Å². The Balaban J connectivity index is 1.47. The van der Waals surface area contributed by atoms with Gasteiger partial charge >= 0.3 is 0 Å². The molecule has 2 fully saturated rings. The van der Waals surface area contributed by atoms with Gasteiger partial charge in [0.05, 0.1) is 13.2 Å². The molecular formula is C20H30N2O3. The molecule has 0 aromatic heterocycles. The first-order valence-electron chi connectivity index (χ1n) is 9.55. The molecule has 1 saturated heterocycles. The Morgan fingerprint density at radius 1 is 1.24 bits per heavy atom. The van der Waals surface area contributed by atoms with Crippen LogP contribution in [0.4, 0.5) is 0 Å². The van der Waals surface area contributed by atoms with Crippen molar-refractivity contribution in [2.24, 2.45) is 5.92 Å². The normalized spacial score (nSPS) is 20.6. The molecule has 1 amide bonds. The molecule has 1 aliphatic carbocycles. The van der Waals surface area contributed by atoms with Crippen molar-refractivity contribution in [3.05, 3.63) is 23.8 Å². The Labute approximate surface area is 150 Å². The van der Waals surface area contributed by atoms with Gasteiger partial charge in [0.25, 0.3) is 0 Å². The summed E-state index contributed by atoms with van der Waals surface area (Å²) in [7, 11) is 1.66. The molecule has 1 aromatic carbocycles. The van der Waals surface area contributed by atoms with E-state index in [1.807, 2.05) is 18.2 Å². The minimum absolute atomic E-state index is 0.122. The molecule has 138 valence electrons. The van der Waals surface area contributed by atoms with Gasteiger partial charge in [-0.1, -0.05) is 6.07 Å². The average molecular weight is 346 g/mol. The van der Waals surface area contributed by atoms with Gasteiger partial charge < -0.3 is 20.1 Å². The Kier molecular flexibility index (Phi) is 6.56. The minimum Gasteiger partial charge on any atom is -0.493 e. The molecule has 1 atom stereocenters. The number of nitrogens with one attached hydrogen (secondary N) is 2. The van der Waals surface area contributed by atoms with E-state index in [2.05, 4.69) is 10.6 Å². The highest BCUT2D eigenvalue weighted by atomic mass is 16.5. The summed E-state index contributed by atoms with van der Waals surface area (Å²) in [6, 6.07) is 5.93. The molecule has 1 saturated carbocycles. The van der Waals surface area contributed by atoms with Crippen LogP contribution in [0.25, 0.3) is 0 Å². The van der Waals surface area contributed by atoms with Crippen molar-refractivity contribution in [3.63, 3.8) is 0 Å². The van der Waals surface area contributed by atoms with E-state index in [1.165, 1.54) is 19.3 Å². The monoisotopic (exact) mass is 346 g/mol. The Morgan fingerprint density at radius 3 is 2.80 bits per heavy atom. The van der Waals surface area contributed by atoms with Gasteiger partial charge in [0.1, 0.15) is 0 Å². The highest BCUT2D eigenvalue weighted by molar-refractivity contribution is 5.75. The molecule has 0 spiro atoms. The average Bonchev–Trinajstić information content (AvgIpc) is 3.33. The lowest BCUT2D eigenvalue weighted by Crippen LogP contribution is -2.23. The molecule has 5 heteroatoms. The summed E-state index contributed by atoms with van der Waals surface area (Å²) in [5, 5.41) is 6.35. The molecule has 0 radical (unpaired) electrons. The molecule has 25 heavy (non-hydrogen) atoms. The Morgan fingerprint density at radius 2 is 2.08 bits per heavy atom. The first-order chi connectivity index (χ1) is 12.2. The van der Waals surface area contributed by atoms with Gasteiger partial charge in [-0.25, -0.2) is 0 Å². The fourth-order valence-electron chi connectivity index (χ4n) is 3.69. The third kappa shape index (κ3) is 5.36. The van der Waals surface area contributed by atoms with Crippen LogP contribution in [-0.2, 0) is 11.3 Å². The van der Waals surface area contributed by atoms with Gasteiger partial charge in [0.2, 0.25) is 5.91 Å². The maximum absolute atomic E-state index is 12.0. The molecule has 1 heterocycles. The topological polar surface area (TPSA) is 59.6 Å². The van der Waals surface area contributed by atoms with Crippen LogP contribution in [0.3, 0.4) is 0 Å². The zero-order chi connectivity index (χ0) is 17.5. The summed E-state index contributed by atoms with van der Waals surface area (Å²) < 4.78 is 11.5. The van der Waals surface area contributed by atoms with E-state index in [4.69, 9.17) is 9.47 Å².